The molecule has 19 heavy (non-hydrogen) atoms. The van der Waals surface area contributed by atoms with Gasteiger partial charge in [0.05, 0.1) is 0 Å². The lowest BCUT2D eigenvalue weighted by Crippen LogP contribution is -2.55. The van der Waals surface area contributed by atoms with Crippen LogP contribution in [-0.2, 0) is 0 Å². The van der Waals surface area contributed by atoms with Crippen molar-refractivity contribution >= 4 is 0 Å². The van der Waals surface area contributed by atoms with Crippen molar-refractivity contribution in [3.8, 4) is 0 Å². The van der Waals surface area contributed by atoms with Crippen molar-refractivity contribution < 1.29 is 0 Å². The molecule has 0 bridgehead atoms. The standard InChI is InChI=1S/C17H32N2/c1-3-13-10-16(18-15-8-9-15)12-19(11-13)17(4-2)14-6-5-7-14/h13-18H,3-12H2,1-2H3. The van der Waals surface area contributed by atoms with Gasteiger partial charge in [0, 0.05) is 31.2 Å². The van der Waals surface area contributed by atoms with Gasteiger partial charge in [-0.2, -0.15) is 0 Å². The molecule has 3 rings (SSSR count). The first-order chi connectivity index (χ1) is 9.30. The third-order valence-electron chi connectivity index (χ3n) is 5.77. The van der Waals surface area contributed by atoms with Gasteiger partial charge in [-0.1, -0.05) is 26.7 Å². The largest absolute Gasteiger partial charge is 0.310 e. The van der Waals surface area contributed by atoms with Gasteiger partial charge < -0.3 is 5.32 Å². The lowest BCUT2D eigenvalue weighted by Gasteiger charge is -2.47. The lowest BCUT2D eigenvalue weighted by molar-refractivity contribution is 0.0390. The zero-order chi connectivity index (χ0) is 13.2. The number of rotatable bonds is 6. The van der Waals surface area contributed by atoms with Crippen molar-refractivity contribution in [2.45, 2.75) is 83.3 Å². The monoisotopic (exact) mass is 264 g/mol. The molecule has 0 amide bonds. The molecule has 1 aliphatic heterocycles. The van der Waals surface area contributed by atoms with Crippen molar-refractivity contribution in [2.24, 2.45) is 11.8 Å². The molecule has 1 heterocycles. The number of nitrogens with one attached hydrogen (secondary N) is 1. The summed E-state index contributed by atoms with van der Waals surface area (Å²) in [5, 5.41) is 3.90. The molecule has 3 fully saturated rings. The Balaban J connectivity index is 1.60. The Kier molecular flexibility index (Phi) is 4.48. The van der Waals surface area contributed by atoms with Crippen LogP contribution in [0.5, 0.6) is 0 Å². The average molecular weight is 264 g/mol. The molecule has 3 atom stereocenters. The van der Waals surface area contributed by atoms with E-state index in [9.17, 15) is 0 Å². The maximum Gasteiger partial charge on any atom is 0.0200 e. The molecule has 110 valence electrons. The first-order valence-corrected chi connectivity index (χ1v) is 8.80. The van der Waals surface area contributed by atoms with Crippen LogP contribution in [0.3, 0.4) is 0 Å². The fourth-order valence-corrected chi connectivity index (χ4v) is 4.23. The predicted octanol–water partition coefficient (Wildman–Crippen LogP) is 3.42. The van der Waals surface area contributed by atoms with Gasteiger partial charge in [-0.15, -0.1) is 0 Å². The molecule has 0 aromatic heterocycles. The van der Waals surface area contributed by atoms with Gasteiger partial charge in [-0.25, -0.2) is 0 Å². The first-order valence-electron chi connectivity index (χ1n) is 8.80. The van der Waals surface area contributed by atoms with E-state index in [2.05, 4.69) is 24.1 Å². The molecule has 0 aromatic carbocycles. The zero-order valence-corrected chi connectivity index (χ0v) is 12.9. The normalized spacial score (nSPS) is 35.1. The maximum absolute atomic E-state index is 3.90. The van der Waals surface area contributed by atoms with Crippen LogP contribution >= 0.6 is 0 Å². The second-order valence-corrected chi connectivity index (χ2v) is 7.27. The summed E-state index contributed by atoms with van der Waals surface area (Å²) in [4.78, 5) is 2.86. The highest BCUT2D eigenvalue weighted by molar-refractivity contribution is 4.93. The van der Waals surface area contributed by atoms with Gasteiger partial charge in [-0.3, -0.25) is 4.90 Å². The van der Waals surface area contributed by atoms with E-state index in [1.165, 1.54) is 64.5 Å². The van der Waals surface area contributed by atoms with Gasteiger partial charge in [0.25, 0.3) is 0 Å². The highest BCUT2D eigenvalue weighted by atomic mass is 15.2. The van der Waals surface area contributed by atoms with E-state index in [1.807, 2.05) is 0 Å². The SMILES string of the molecule is CCC1CC(NC2CC2)CN(C(CC)C2CCC2)C1. The minimum atomic E-state index is 0.778. The van der Waals surface area contributed by atoms with Crippen LogP contribution in [-0.4, -0.2) is 36.1 Å². The molecular weight excluding hydrogens is 232 g/mol. The van der Waals surface area contributed by atoms with Crippen LogP contribution in [0, 0.1) is 11.8 Å². The smallest absolute Gasteiger partial charge is 0.0200 e. The number of likely N-dealkylation sites (tertiary alicyclic amines) is 1. The van der Waals surface area contributed by atoms with E-state index < -0.39 is 0 Å². The van der Waals surface area contributed by atoms with E-state index >= 15 is 0 Å². The molecule has 2 nitrogen and oxygen atoms in total. The second kappa shape index (κ2) is 6.13. The van der Waals surface area contributed by atoms with Crippen molar-refractivity contribution in [1.82, 2.24) is 10.2 Å². The predicted molar refractivity (Wildman–Crippen MR) is 81.3 cm³/mol. The first kappa shape index (κ1) is 13.9. The molecule has 3 aliphatic rings. The van der Waals surface area contributed by atoms with Crippen molar-refractivity contribution in [2.75, 3.05) is 13.1 Å². The van der Waals surface area contributed by atoms with Crippen LogP contribution in [0.1, 0.15) is 65.2 Å². The molecular formula is C17H32N2. The molecule has 1 saturated heterocycles. The van der Waals surface area contributed by atoms with Crippen LogP contribution in [0.25, 0.3) is 0 Å². The Hall–Kier alpha value is -0.0800. The number of nitrogens with zero attached hydrogens (tertiary/aromatic N) is 1. The summed E-state index contributed by atoms with van der Waals surface area (Å²) in [6.07, 6.45) is 11.5. The second-order valence-electron chi connectivity index (χ2n) is 7.27. The van der Waals surface area contributed by atoms with Gasteiger partial charge >= 0.3 is 0 Å². The number of hydrogen-bond acceptors (Lipinski definition) is 2. The Bertz CT molecular complexity index is 283. The van der Waals surface area contributed by atoms with Crippen LogP contribution in [0.15, 0.2) is 0 Å². The molecule has 3 unspecified atom stereocenters. The summed E-state index contributed by atoms with van der Waals surface area (Å²) in [6.45, 7) is 7.48. The summed E-state index contributed by atoms with van der Waals surface area (Å²) in [6, 6.07) is 2.53. The van der Waals surface area contributed by atoms with Crippen molar-refractivity contribution in [1.29, 1.82) is 0 Å². The lowest BCUT2D eigenvalue weighted by atomic mass is 9.77. The maximum atomic E-state index is 3.90. The topological polar surface area (TPSA) is 15.3 Å². The van der Waals surface area contributed by atoms with Crippen LogP contribution in [0.4, 0.5) is 0 Å². The van der Waals surface area contributed by atoms with Crippen LogP contribution in [0.2, 0.25) is 0 Å². The van der Waals surface area contributed by atoms with E-state index in [1.54, 1.807) is 0 Å². The summed E-state index contributed by atoms with van der Waals surface area (Å²) in [7, 11) is 0. The number of hydrogen-bond donors (Lipinski definition) is 1. The van der Waals surface area contributed by atoms with Crippen LogP contribution < -0.4 is 5.32 Å². The Morgan fingerprint density at radius 2 is 1.84 bits per heavy atom. The Morgan fingerprint density at radius 1 is 1.05 bits per heavy atom. The molecule has 0 spiro atoms. The molecule has 2 heteroatoms. The summed E-state index contributed by atoms with van der Waals surface area (Å²) in [5.41, 5.74) is 0. The van der Waals surface area contributed by atoms with Crippen molar-refractivity contribution in [3.63, 3.8) is 0 Å². The van der Waals surface area contributed by atoms with E-state index in [0.29, 0.717) is 0 Å². The van der Waals surface area contributed by atoms with Gasteiger partial charge in [0.15, 0.2) is 0 Å². The fourth-order valence-electron chi connectivity index (χ4n) is 4.23. The summed E-state index contributed by atoms with van der Waals surface area (Å²) >= 11 is 0. The third kappa shape index (κ3) is 3.33. The molecule has 0 aromatic rings. The highest BCUT2D eigenvalue weighted by Gasteiger charge is 2.36. The van der Waals surface area contributed by atoms with E-state index in [0.717, 1.165) is 30.0 Å². The fraction of sp³-hybridized carbons (Fsp3) is 1.00. The van der Waals surface area contributed by atoms with Gasteiger partial charge in [0.1, 0.15) is 0 Å². The summed E-state index contributed by atoms with van der Waals surface area (Å²) < 4.78 is 0. The van der Waals surface area contributed by atoms with E-state index in [4.69, 9.17) is 0 Å². The van der Waals surface area contributed by atoms with Gasteiger partial charge in [0.2, 0.25) is 0 Å². The highest BCUT2D eigenvalue weighted by Crippen LogP contribution is 2.36. The Morgan fingerprint density at radius 3 is 2.37 bits per heavy atom. The molecule has 0 radical (unpaired) electrons. The summed E-state index contributed by atoms with van der Waals surface area (Å²) in [5.74, 6) is 1.95. The molecule has 2 aliphatic carbocycles. The molecule has 1 N–H and O–H groups in total. The number of piperidine rings is 1. The van der Waals surface area contributed by atoms with Gasteiger partial charge in [-0.05, 0) is 50.4 Å². The Labute approximate surface area is 119 Å². The third-order valence-corrected chi connectivity index (χ3v) is 5.77. The average Bonchev–Trinajstić information content (AvgIpc) is 3.16. The minimum absolute atomic E-state index is 0.778. The van der Waals surface area contributed by atoms with E-state index in [-0.39, 0.29) is 0 Å². The minimum Gasteiger partial charge on any atom is -0.310 e. The zero-order valence-electron chi connectivity index (χ0n) is 12.9. The molecule has 2 saturated carbocycles. The quantitative estimate of drug-likeness (QED) is 0.791. The van der Waals surface area contributed by atoms with Crippen molar-refractivity contribution in [3.05, 3.63) is 0 Å².